The summed E-state index contributed by atoms with van der Waals surface area (Å²) in [5.41, 5.74) is 0. The minimum Gasteiger partial charge on any atom is -0.277 e. The van der Waals surface area contributed by atoms with Gasteiger partial charge in [-0.3, -0.25) is 4.55 Å². The zero-order valence-corrected chi connectivity index (χ0v) is 18.1. The molecule has 0 amide bonds. The van der Waals surface area contributed by atoms with E-state index in [4.69, 9.17) is 4.55 Å². The Morgan fingerprint density at radius 3 is 0.921 bits per heavy atom. The van der Waals surface area contributed by atoms with Crippen LogP contribution in [0.3, 0.4) is 0 Å². The maximum Gasteiger partial charge on any atom is 0.460 e. The first kappa shape index (κ1) is 36.8. The van der Waals surface area contributed by atoms with Gasteiger partial charge < -0.3 is 0 Å². The third-order valence-electron chi connectivity index (χ3n) is 4.22. The van der Waals surface area contributed by atoms with Crippen LogP contribution in [0.25, 0.3) is 0 Å². The van der Waals surface area contributed by atoms with Gasteiger partial charge in [-0.2, -0.15) is 101 Å². The minimum absolute atomic E-state index is 1.22. The van der Waals surface area contributed by atoms with Crippen LogP contribution in [0.5, 0.6) is 0 Å². The van der Waals surface area contributed by atoms with Gasteiger partial charge in [-0.1, -0.05) is 0 Å². The molecule has 0 saturated heterocycles. The zero-order chi connectivity index (χ0) is 31.6. The lowest BCUT2D eigenvalue weighted by Gasteiger charge is -2.44. The van der Waals surface area contributed by atoms with Crippen molar-refractivity contribution in [3.63, 3.8) is 0 Å². The lowest BCUT2D eigenvalue weighted by molar-refractivity contribution is -0.474. The molecule has 0 aliphatic heterocycles. The largest absolute Gasteiger partial charge is 0.460 e. The summed E-state index contributed by atoms with van der Waals surface area (Å²) in [5, 5.41) is 0. The van der Waals surface area contributed by atoms with E-state index in [-0.39, 0.29) is 0 Å². The molecule has 0 aromatic carbocycles. The topological polar surface area (TPSA) is 54.4 Å². The Kier molecular flexibility index (Phi) is 9.13. The summed E-state index contributed by atoms with van der Waals surface area (Å²) in [6, 6.07) is 0. The van der Waals surface area contributed by atoms with Crippen LogP contribution in [-0.4, -0.2) is 78.2 Å². The number of hydrogen-bond donors (Lipinski definition) is 1. The summed E-state index contributed by atoms with van der Waals surface area (Å²) in [6.07, 6.45) is -11.2. The third kappa shape index (κ3) is 5.15. The van der Waals surface area contributed by atoms with Gasteiger partial charge in [-0.15, -0.1) is 0 Å². The van der Waals surface area contributed by atoms with E-state index in [0.717, 1.165) is 0 Å². The van der Waals surface area contributed by atoms with Crippen molar-refractivity contribution in [3.05, 3.63) is 0 Å². The SMILES string of the molecule is O=S(=O)(O)SCCC(F)(F)C(F)(F)C(F)(F)C(F)(F)C(F)(F)C(F)(F)C(F)(F)C(F)(F)C(F)(F)C(F)(F)F. The molecule has 230 valence electrons. The highest BCUT2D eigenvalue weighted by molar-refractivity contribution is 8.69. The van der Waals surface area contributed by atoms with E-state index < -0.39 is 91.6 Å². The van der Waals surface area contributed by atoms with Crippen molar-refractivity contribution in [2.75, 3.05) is 5.75 Å². The first-order valence-corrected chi connectivity index (χ1v) is 11.0. The second kappa shape index (κ2) is 9.43. The summed E-state index contributed by atoms with van der Waals surface area (Å²) in [5.74, 6) is -80.1. The average Bonchev–Trinajstić information content (AvgIpc) is 2.64. The Morgan fingerprint density at radius 2 is 0.684 bits per heavy atom. The van der Waals surface area contributed by atoms with Crippen LogP contribution in [0.15, 0.2) is 0 Å². The van der Waals surface area contributed by atoms with E-state index in [1.54, 1.807) is 0 Å². The van der Waals surface area contributed by atoms with Crippen molar-refractivity contribution in [1.82, 2.24) is 0 Å². The molecule has 0 heterocycles. The molecule has 0 aromatic rings. The van der Waals surface area contributed by atoms with E-state index >= 15 is 0 Å². The van der Waals surface area contributed by atoms with Gasteiger partial charge in [0.15, 0.2) is 0 Å². The molecule has 0 fully saturated rings. The van der Waals surface area contributed by atoms with Crippen LogP contribution in [0, 0.1) is 0 Å². The third-order valence-corrected chi connectivity index (χ3v) is 6.29. The fourth-order valence-corrected chi connectivity index (χ4v) is 3.46. The Balaban J connectivity index is 6.87. The maximum absolute atomic E-state index is 13.5. The van der Waals surface area contributed by atoms with E-state index in [1.165, 1.54) is 0 Å². The standard InChI is InChI=1S/C12H5F21O3S2/c13-3(14,1-2-37-38(34,35)36)4(15,16)5(17,18)6(19,20)7(21,22)8(23,24)9(25,26)10(27,28)11(29,30)12(31,32)33/h1-2H2,(H,34,35,36). The van der Waals surface area contributed by atoms with Crippen molar-refractivity contribution in [1.29, 1.82) is 0 Å². The van der Waals surface area contributed by atoms with Gasteiger partial charge in [0.25, 0.3) is 0 Å². The van der Waals surface area contributed by atoms with Gasteiger partial charge in [0.2, 0.25) is 0 Å². The molecule has 0 atom stereocenters. The maximum atomic E-state index is 13.5. The fourth-order valence-electron chi connectivity index (χ4n) is 2.02. The minimum atomic E-state index is -9.25. The first-order valence-electron chi connectivity index (χ1n) is 8.04. The van der Waals surface area contributed by atoms with Gasteiger partial charge in [0, 0.05) is 12.2 Å². The van der Waals surface area contributed by atoms with Crippen LogP contribution < -0.4 is 0 Å². The van der Waals surface area contributed by atoms with Crippen LogP contribution in [-0.2, 0) is 9.15 Å². The summed E-state index contributed by atoms with van der Waals surface area (Å²) < 4.78 is 304. The van der Waals surface area contributed by atoms with E-state index in [1.807, 2.05) is 0 Å². The smallest absolute Gasteiger partial charge is 0.277 e. The summed E-state index contributed by atoms with van der Waals surface area (Å²) in [7, 11) is -6.68. The second-order valence-corrected chi connectivity index (χ2v) is 10.3. The lowest BCUT2D eigenvalue weighted by Crippen LogP contribution is -2.76. The molecule has 0 bridgehead atoms. The monoisotopic (exact) mass is 660 g/mol. The molecule has 0 unspecified atom stereocenters. The van der Waals surface area contributed by atoms with E-state index in [9.17, 15) is 101 Å². The highest BCUT2D eigenvalue weighted by Gasteiger charge is 2.97. The van der Waals surface area contributed by atoms with Gasteiger partial charge in [-0.05, 0) is 10.8 Å². The average molecular weight is 660 g/mol. The normalized spacial score (nSPS) is 16.7. The Hall–Kier alpha value is -1.21. The lowest BCUT2D eigenvalue weighted by atomic mass is 9.86. The Morgan fingerprint density at radius 1 is 0.447 bits per heavy atom. The number of hydrogen-bond acceptors (Lipinski definition) is 3. The first-order chi connectivity index (χ1) is 16.0. The molecule has 0 aromatic heterocycles. The van der Waals surface area contributed by atoms with E-state index in [0.29, 0.717) is 0 Å². The van der Waals surface area contributed by atoms with Gasteiger partial charge in [0.1, 0.15) is 0 Å². The number of halogens is 21. The molecule has 0 saturated carbocycles. The fraction of sp³-hybridized carbons (Fsp3) is 1.00. The highest BCUT2D eigenvalue weighted by atomic mass is 33.1. The number of rotatable bonds is 12. The predicted molar refractivity (Wildman–Crippen MR) is 79.2 cm³/mol. The zero-order valence-electron chi connectivity index (χ0n) is 16.4. The predicted octanol–water partition coefficient (Wildman–Crippen LogP) is 7.19. The molecule has 0 rings (SSSR count). The Bertz CT molecular complexity index is 966. The van der Waals surface area contributed by atoms with Crippen molar-refractivity contribution in [2.24, 2.45) is 0 Å². The summed E-state index contributed by atoms with van der Waals surface area (Å²) >= 11 is 0. The van der Waals surface area contributed by atoms with Crippen LogP contribution in [0.4, 0.5) is 92.2 Å². The van der Waals surface area contributed by atoms with Crippen molar-refractivity contribution >= 4 is 19.9 Å². The second-order valence-electron chi connectivity index (χ2n) is 6.80. The summed E-state index contributed by atoms with van der Waals surface area (Å²) in [6.45, 7) is 0. The van der Waals surface area contributed by atoms with Gasteiger partial charge in [-0.25, -0.2) is 0 Å². The van der Waals surface area contributed by atoms with Crippen molar-refractivity contribution in [3.8, 4) is 0 Å². The number of alkyl halides is 21. The molecule has 1 N–H and O–H groups in total. The van der Waals surface area contributed by atoms with E-state index in [2.05, 4.69) is 0 Å². The molecular formula is C12H5F21O3S2. The molecule has 0 aliphatic rings. The molecule has 26 heteroatoms. The summed E-state index contributed by atoms with van der Waals surface area (Å²) in [4.78, 5) is 0. The molecule has 0 radical (unpaired) electrons. The molecule has 0 spiro atoms. The van der Waals surface area contributed by atoms with Crippen molar-refractivity contribution < 1.29 is 105 Å². The van der Waals surface area contributed by atoms with Gasteiger partial charge >= 0.3 is 68.6 Å². The Labute approximate surface area is 197 Å². The molecule has 38 heavy (non-hydrogen) atoms. The molecule has 0 aliphatic carbocycles. The highest BCUT2D eigenvalue weighted by Crippen LogP contribution is 2.66. The molecule has 3 nitrogen and oxygen atoms in total. The van der Waals surface area contributed by atoms with Gasteiger partial charge in [0.05, 0.1) is 0 Å². The van der Waals surface area contributed by atoms with Crippen molar-refractivity contribution in [2.45, 2.75) is 65.9 Å². The quantitative estimate of drug-likeness (QED) is 0.137. The molecular weight excluding hydrogens is 655 g/mol. The van der Waals surface area contributed by atoms with Crippen LogP contribution >= 0.6 is 10.8 Å². The van der Waals surface area contributed by atoms with Crippen LogP contribution in [0.1, 0.15) is 6.42 Å². The van der Waals surface area contributed by atoms with Crippen LogP contribution in [0.2, 0.25) is 0 Å².